The average Bonchev–Trinajstić information content (AvgIpc) is 2.69. The molecule has 2 N–H and O–H groups in total. The van der Waals surface area contributed by atoms with E-state index in [0.29, 0.717) is 6.04 Å². The zero-order valence-electron chi connectivity index (χ0n) is 15.9. The number of thioether (sulfide) groups is 1. The number of rotatable bonds is 5. The first-order valence-electron chi connectivity index (χ1n) is 9.87. The molecular weight excluding hydrogens is 354 g/mol. The lowest BCUT2D eigenvalue weighted by Crippen LogP contribution is -2.33. The van der Waals surface area contributed by atoms with Crippen LogP contribution in [0, 0.1) is 6.92 Å². The number of aromatic nitrogens is 2. The smallest absolute Gasteiger partial charge is 0.255 e. The Morgan fingerprint density at radius 2 is 2.11 bits per heavy atom. The topological polar surface area (TPSA) is 57.8 Å². The van der Waals surface area contributed by atoms with Crippen molar-refractivity contribution in [1.82, 2.24) is 15.3 Å². The highest BCUT2D eigenvalue weighted by molar-refractivity contribution is 7.98. The Hall–Kier alpha value is -1.85. The highest BCUT2D eigenvalue weighted by Gasteiger charge is 2.18. The van der Waals surface area contributed by atoms with Gasteiger partial charge in [-0.3, -0.25) is 4.79 Å². The number of H-pyrrole nitrogens is 1. The van der Waals surface area contributed by atoms with Gasteiger partial charge in [0.15, 0.2) is 0 Å². The van der Waals surface area contributed by atoms with Crippen molar-refractivity contribution < 1.29 is 0 Å². The lowest BCUT2D eigenvalue weighted by Gasteiger charge is -2.24. The van der Waals surface area contributed by atoms with Crippen LogP contribution in [-0.4, -0.2) is 28.3 Å². The van der Waals surface area contributed by atoms with E-state index in [0.717, 1.165) is 67.2 Å². The minimum atomic E-state index is 0.0718. The molecule has 0 aliphatic carbocycles. The van der Waals surface area contributed by atoms with E-state index in [9.17, 15) is 4.79 Å². The quantitative estimate of drug-likeness (QED) is 0.830. The van der Waals surface area contributed by atoms with E-state index < -0.39 is 0 Å². The second-order valence-electron chi connectivity index (χ2n) is 7.54. The first kappa shape index (κ1) is 18.5. The highest BCUT2D eigenvalue weighted by Crippen LogP contribution is 2.25. The van der Waals surface area contributed by atoms with E-state index in [1.54, 1.807) is 0 Å². The van der Waals surface area contributed by atoms with Gasteiger partial charge in [0.25, 0.3) is 5.56 Å². The molecule has 1 unspecified atom stereocenters. The van der Waals surface area contributed by atoms with Crippen molar-refractivity contribution in [2.75, 3.05) is 12.3 Å². The van der Waals surface area contributed by atoms with Gasteiger partial charge < -0.3 is 10.3 Å². The standard InChI is InChI=1S/C22H27N3OS/c1-15-5-7-16(8-6-15)17-9-11-23-18(13-17)3-2-4-21-24-20-10-12-27-14-19(20)22(26)25-21/h5-9,18,23H,2-4,10-14H2,1H3,(H,24,25,26). The molecule has 0 fully saturated rings. The van der Waals surface area contributed by atoms with Crippen LogP contribution in [0.2, 0.25) is 0 Å². The lowest BCUT2D eigenvalue weighted by molar-refractivity contribution is 0.482. The molecule has 0 saturated heterocycles. The minimum absolute atomic E-state index is 0.0718. The average molecular weight is 382 g/mol. The maximum absolute atomic E-state index is 12.2. The molecular formula is C22H27N3OS. The van der Waals surface area contributed by atoms with Crippen LogP contribution in [0.1, 0.15) is 47.5 Å². The predicted octanol–water partition coefficient (Wildman–Crippen LogP) is 3.64. The number of benzene rings is 1. The van der Waals surface area contributed by atoms with Crippen molar-refractivity contribution in [3.05, 3.63) is 68.9 Å². The molecule has 27 heavy (non-hydrogen) atoms. The lowest BCUT2D eigenvalue weighted by atomic mass is 9.92. The molecule has 4 nitrogen and oxygen atoms in total. The van der Waals surface area contributed by atoms with E-state index in [1.807, 2.05) is 11.8 Å². The molecule has 2 aliphatic rings. The van der Waals surface area contributed by atoms with Crippen molar-refractivity contribution in [3.8, 4) is 0 Å². The monoisotopic (exact) mass is 381 g/mol. The van der Waals surface area contributed by atoms with E-state index >= 15 is 0 Å². The highest BCUT2D eigenvalue weighted by atomic mass is 32.2. The summed E-state index contributed by atoms with van der Waals surface area (Å²) in [6.07, 6.45) is 7.27. The molecule has 2 aliphatic heterocycles. The Kier molecular flexibility index (Phi) is 5.79. The predicted molar refractivity (Wildman–Crippen MR) is 113 cm³/mol. The number of hydrogen-bond donors (Lipinski definition) is 2. The third-order valence-electron chi connectivity index (χ3n) is 5.49. The number of aryl methyl sites for hydroxylation is 3. The molecule has 0 radical (unpaired) electrons. The van der Waals surface area contributed by atoms with E-state index in [2.05, 4.69) is 47.6 Å². The van der Waals surface area contributed by atoms with Crippen LogP contribution in [0.5, 0.6) is 0 Å². The van der Waals surface area contributed by atoms with Crippen LogP contribution in [0.3, 0.4) is 0 Å². The van der Waals surface area contributed by atoms with Crippen molar-refractivity contribution in [2.24, 2.45) is 0 Å². The fourth-order valence-electron chi connectivity index (χ4n) is 3.91. The Balaban J connectivity index is 1.33. The number of hydrogen-bond acceptors (Lipinski definition) is 4. The molecule has 4 rings (SSSR count). The Morgan fingerprint density at radius 1 is 1.26 bits per heavy atom. The molecule has 0 amide bonds. The van der Waals surface area contributed by atoms with Crippen LogP contribution >= 0.6 is 11.8 Å². The second kappa shape index (κ2) is 8.44. The molecule has 5 heteroatoms. The molecule has 0 saturated carbocycles. The minimum Gasteiger partial charge on any atom is -0.310 e. The van der Waals surface area contributed by atoms with Gasteiger partial charge in [0.2, 0.25) is 0 Å². The summed E-state index contributed by atoms with van der Waals surface area (Å²) in [5.74, 6) is 2.73. The van der Waals surface area contributed by atoms with Crippen molar-refractivity contribution in [3.63, 3.8) is 0 Å². The van der Waals surface area contributed by atoms with Crippen LogP contribution in [-0.2, 0) is 18.6 Å². The third kappa shape index (κ3) is 4.53. The van der Waals surface area contributed by atoms with E-state index in [4.69, 9.17) is 4.98 Å². The number of nitrogens with zero attached hydrogens (tertiary/aromatic N) is 1. The van der Waals surface area contributed by atoms with Crippen LogP contribution < -0.4 is 10.9 Å². The Labute approximate surface area is 164 Å². The number of nitrogens with one attached hydrogen (secondary N) is 2. The molecule has 1 aromatic carbocycles. The van der Waals surface area contributed by atoms with Gasteiger partial charge in [0, 0.05) is 30.3 Å². The van der Waals surface area contributed by atoms with Crippen molar-refractivity contribution in [1.29, 1.82) is 0 Å². The summed E-state index contributed by atoms with van der Waals surface area (Å²) < 4.78 is 0. The van der Waals surface area contributed by atoms with Gasteiger partial charge >= 0.3 is 0 Å². The summed E-state index contributed by atoms with van der Waals surface area (Å²) in [5.41, 5.74) is 6.06. The van der Waals surface area contributed by atoms with Gasteiger partial charge in [-0.05, 0) is 49.5 Å². The maximum Gasteiger partial charge on any atom is 0.255 e. The first-order chi connectivity index (χ1) is 13.2. The number of aromatic amines is 1. The summed E-state index contributed by atoms with van der Waals surface area (Å²) in [6, 6.07) is 9.31. The zero-order valence-corrected chi connectivity index (χ0v) is 16.7. The summed E-state index contributed by atoms with van der Waals surface area (Å²) >= 11 is 1.82. The van der Waals surface area contributed by atoms with E-state index in [1.165, 1.54) is 16.7 Å². The first-order valence-corrected chi connectivity index (χ1v) is 11.0. The Morgan fingerprint density at radius 3 is 2.96 bits per heavy atom. The molecule has 1 aromatic heterocycles. The molecule has 0 bridgehead atoms. The summed E-state index contributed by atoms with van der Waals surface area (Å²) in [6.45, 7) is 3.06. The SMILES string of the molecule is Cc1ccc(C2=CCNC(CCCc3nc4c(c(=O)[nH]3)CSCC4)C2)cc1. The fraction of sp³-hybridized carbons (Fsp3) is 0.455. The third-order valence-corrected chi connectivity index (χ3v) is 6.48. The van der Waals surface area contributed by atoms with Gasteiger partial charge in [-0.15, -0.1) is 0 Å². The van der Waals surface area contributed by atoms with Crippen LogP contribution in [0.15, 0.2) is 35.1 Å². The summed E-state index contributed by atoms with van der Waals surface area (Å²) in [4.78, 5) is 20.0. The largest absolute Gasteiger partial charge is 0.310 e. The maximum atomic E-state index is 12.2. The summed E-state index contributed by atoms with van der Waals surface area (Å²) in [7, 11) is 0. The van der Waals surface area contributed by atoms with Crippen LogP contribution in [0.4, 0.5) is 0 Å². The van der Waals surface area contributed by atoms with Crippen LogP contribution in [0.25, 0.3) is 5.57 Å². The van der Waals surface area contributed by atoms with Gasteiger partial charge in [-0.25, -0.2) is 4.98 Å². The van der Waals surface area contributed by atoms with Gasteiger partial charge in [-0.2, -0.15) is 11.8 Å². The molecule has 142 valence electrons. The molecule has 0 spiro atoms. The van der Waals surface area contributed by atoms with Gasteiger partial charge in [0.05, 0.1) is 5.69 Å². The van der Waals surface area contributed by atoms with Gasteiger partial charge in [0.1, 0.15) is 5.82 Å². The fourth-order valence-corrected chi connectivity index (χ4v) is 4.89. The van der Waals surface area contributed by atoms with Crippen molar-refractivity contribution in [2.45, 2.75) is 50.8 Å². The molecule has 2 aromatic rings. The normalized spacial score (nSPS) is 19.4. The summed E-state index contributed by atoms with van der Waals surface area (Å²) in [5, 5.41) is 3.61. The Bertz CT molecular complexity index is 885. The second-order valence-corrected chi connectivity index (χ2v) is 8.64. The van der Waals surface area contributed by atoms with E-state index in [-0.39, 0.29) is 5.56 Å². The van der Waals surface area contributed by atoms with Crippen molar-refractivity contribution >= 4 is 17.3 Å². The zero-order chi connectivity index (χ0) is 18.6. The van der Waals surface area contributed by atoms with Gasteiger partial charge in [-0.1, -0.05) is 35.9 Å². The number of fused-ring (bicyclic) bond motifs is 1. The molecule has 3 heterocycles. The molecule has 1 atom stereocenters.